The van der Waals surface area contributed by atoms with Gasteiger partial charge in [-0.2, -0.15) is 0 Å². The van der Waals surface area contributed by atoms with Crippen molar-refractivity contribution in [2.45, 2.75) is 12.3 Å². The lowest BCUT2D eigenvalue weighted by molar-refractivity contribution is 0.0564. The van der Waals surface area contributed by atoms with Gasteiger partial charge in [-0.1, -0.05) is 12.1 Å². The van der Waals surface area contributed by atoms with Crippen LogP contribution in [0.15, 0.2) is 24.3 Å². The van der Waals surface area contributed by atoms with Crippen LogP contribution in [-0.4, -0.2) is 50.3 Å². The molecule has 0 radical (unpaired) electrons. The van der Waals surface area contributed by atoms with Crippen molar-refractivity contribution in [1.29, 1.82) is 0 Å². The molecule has 1 aromatic rings. The molecule has 2 fully saturated rings. The molecule has 5 nitrogen and oxygen atoms in total. The fourth-order valence-corrected chi connectivity index (χ4v) is 2.75. The fraction of sp³-hybridized carbons (Fsp3) is 0.533. The van der Waals surface area contributed by atoms with Crippen LogP contribution in [0.25, 0.3) is 0 Å². The van der Waals surface area contributed by atoms with Gasteiger partial charge in [0.05, 0.1) is 13.2 Å². The van der Waals surface area contributed by atoms with E-state index in [0.717, 1.165) is 18.8 Å². The SMILES string of the molecule is O=C(Nc1ccc([C@H]2CCNC2)cc1)N1CCOCC1. The number of nitrogens with zero attached hydrogens (tertiary/aromatic N) is 1. The molecule has 0 bridgehead atoms. The second-order valence-corrected chi connectivity index (χ2v) is 5.34. The first-order valence-corrected chi connectivity index (χ1v) is 7.27. The highest BCUT2D eigenvalue weighted by Crippen LogP contribution is 2.23. The maximum atomic E-state index is 12.1. The Bertz CT molecular complexity index is 449. The largest absolute Gasteiger partial charge is 0.378 e. The maximum Gasteiger partial charge on any atom is 0.321 e. The van der Waals surface area contributed by atoms with Gasteiger partial charge >= 0.3 is 6.03 Å². The Hall–Kier alpha value is -1.59. The van der Waals surface area contributed by atoms with E-state index in [4.69, 9.17) is 4.74 Å². The van der Waals surface area contributed by atoms with E-state index in [1.54, 1.807) is 4.90 Å². The molecule has 2 N–H and O–H groups in total. The van der Waals surface area contributed by atoms with Crippen LogP contribution in [0.1, 0.15) is 17.9 Å². The summed E-state index contributed by atoms with van der Waals surface area (Å²) in [5.41, 5.74) is 2.20. The second kappa shape index (κ2) is 6.24. The van der Waals surface area contributed by atoms with Gasteiger partial charge in [0.1, 0.15) is 0 Å². The molecule has 2 saturated heterocycles. The maximum absolute atomic E-state index is 12.1. The number of carbonyl (C=O) groups is 1. The molecule has 1 atom stereocenters. The van der Waals surface area contributed by atoms with Crippen LogP contribution in [0.2, 0.25) is 0 Å². The molecule has 0 spiro atoms. The van der Waals surface area contributed by atoms with Crippen LogP contribution >= 0.6 is 0 Å². The first-order valence-electron chi connectivity index (χ1n) is 7.27. The van der Waals surface area contributed by atoms with Crippen LogP contribution < -0.4 is 10.6 Å². The zero-order valence-electron chi connectivity index (χ0n) is 11.6. The Kier molecular flexibility index (Phi) is 4.18. The number of amides is 2. The van der Waals surface area contributed by atoms with Crippen molar-refractivity contribution in [2.75, 3.05) is 44.7 Å². The molecule has 5 heteroatoms. The van der Waals surface area contributed by atoms with Gasteiger partial charge in [0.15, 0.2) is 0 Å². The first-order chi connectivity index (χ1) is 9.83. The summed E-state index contributed by atoms with van der Waals surface area (Å²) in [5.74, 6) is 0.610. The predicted octanol–water partition coefficient (Wildman–Crippen LogP) is 1.63. The predicted molar refractivity (Wildman–Crippen MR) is 78.1 cm³/mol. The number of hydrogen-bond donors (Lipinski definition) is 2. The van der Waals surface area contributed by atoms with Crippen LogP contribution in [0.5, 0.6) is 0 Å². The summed E-state index contributed by atoms with van der Waals surface area (Å²) in [7, 11) is 0. The molecule has 2 aliphatic heterocycles. The normalized spacial score (nSPS) is 22.8. The Labute approximate surface area is 119 Å². The molecule has 2 amide bonds. The van der Waals surface area contributed by atoms with Crippen molar-refractivity contribution >= 4 is 11.7 Å². The van der Waals surface area contributed by atoms with Gasteiger partial charge in [-0.05, 0) is 36.6 Å². The van der Waals surface area contributed by atoms with Gasteiger partial charge < -0.3 is 20.3 Å². The van der Waals surface area contributed by atoms with Crippen molar-refractivity contribution in [3.05, 3.63) is 29.8 Å². The second-order valence-electron chi connectivity index (χ2n) is 5.34. The quantitative estimate of drug-likeness (QED) is 0.862. The molecule has 0 unspecified atom stereocenters. The summed E-state index contributed by atoms with van der Waals surface area (Å²) in [6.07, 6.45) is 1.19. The van der Waals surface area contributed by atoms with Gasteiger partial charge in [-0.15, -0.1) is 0 Å². The number of morpholine rings is 1. The Morgan fingerprint density at radius 1 is 1.25 bits per heavy atom. The molecule has 2 heterocycles. The van der Waals surface area contributed by atoms with Crippen LogP contribution in [0, 0.1) is 0 Å². The minimum Gasteiger partial charge on any atom is -0.378 e. The topological polar surface area (TPSA) is 53.6 Å². The van der Waals surface area contributed by atoms with Crippen LogP contribution in [0.4, 0.5) is 10.5 Å². The third-order valence-electron chi connectivity index (χ3n) is 3.99. The number of hydrogen-bond acceptors (Lipinski definition) is 3. The lowest BCUT2D eigenvalue weighted by Gasteiger charge is -2.27. The molecular formula is C15H21N3O2. The molecule has 108 valence electrons. The van der Waals surface area contributed by atoms with Crippen LogP contribution in [0.3, 0.4) is 0 Å². The highest BCUT2D eigenvalue weighted by atomic mass is 16.5. The van der Waals surface area contributed by atoms with E-state index in [1.807, 2.05) is 12.1 Å². The lowest BCUT2D eigenvalue weighted by atomic mass is 9.98. The van der Waals surface area contributed by atoms with Crippen molar-refractivity contribution in [2.24, 2.45) is 0 Å². The molecule has 1 aromatic carbocycles. The smallest absolute Gasteiger partial charge is 0.321 e. The zero-order chi connectivity index (χ0) is 13.8. The summed E-state index contributed by atoms with van der Waals surface area (Å²) in [6.45, 7) is 4.73. The van der Waals surface area contributed by atoms with Crippen molar-refractivity contribution in [3.8, 4) is 0 Å². The summed E-state index contributed by atoms with van der Waals surface area (Å²) < 4.78 is 5.25. The minimum absolute atomic E-state index is 0.0383. The van der Waals surface area contributed by atoms with E-state index in [2.05, 4.69) is 22.8 Å². The van der Waals surface area contributed by atoms with Gasteiger partial charge in [-0.25, -0.2) is 4.79 Å². The van der Waals surface area contributed by atoms with Gasteiger partial charge in [0.2, 0.25) is 0 Å². The third kappa shape index (κ3) is 3.11. The van der Waals surface area contributed by atoms with E-state index in [0.29, 0.717) is 32.2 Å². The van der Waals surface area contributed by atoms with Gasteiger partial charge in [0, 0.05) is 25.3 Å². The Morgan fingerprint density at radius 3 is 2.65 bits per heavy atom. The summed E-state index contributed by atoms with van der Waals surface area (Å²) in [6, 6.07) is 8.18. The highest BCUT2D eigenvalue weighted by Gasteiger charge is 2.18. The molecule has 20 heavy (non-hydrogen) atoms. The van der Waals surface area contributed by atoms with E-state index < -0.39 is 0 Å². The minimum atomic E-state index is -0.0383. The molecule has 3 rings (SSSR count). The first kappa shape index (κ1) is 13.4. The summed E-state index contributed by atoms with van der Waals surface area (Å²) >= 11 is 0. The Morgan fingerprint density at radius 2 is 2.00 bits per heavy atom. The van der Waals surface area contributed by atoms with Crippen molar-refractivity contribution < 1.29 is 9.53 Å². The molecule has 2 aliphatic rings. The Balaban J connectivity index is 1.58. The third-order valence-corrected chi connectivity index (χ3v) is 3.99. The molecule has 0 saturated carbocycles. The van der Waals surface area contributed by atoms with Gasteiger partial charge in [-0.3, -0.25) is 0 Å². The zero-order valence-corrected chi connectivity index (χ0v) is 11.6. The molecule has 0 aromatic heterocycles. The van der Waals surface area contributed by atoms with E-state index in [1.165, 1.54) is 12.0 Å². The number of benzene rings is 1. The molecular weight excluding hydrogens is 254 g/mol. The average molecular weight is 275 g/mol. The van der Waals surface area contributed by atoms with E-state index >= 15 is 0 Å². The highest BCUT2D eigenvalue weighted by molar-refractivity contribution is 5.89. The molecule has 0 aliphatic carbocycles. The fourth-order valence-electron chi connectivity index (χ4n) is 2.75. The standard InChI is InChI=1S/C15H21N3O2/c19-15(18-7-9-20-10-8-18)17-14-3-1-12(2-4-14)13-5-6-16-11-13/h1-4,13,16H,5-11H2,(H,17,19)/t13-/m0/s1. The van der Waals surface area contributed by atoms with Crippen molar-refractivity contribution in [3.63, 3.8) is 0 Å². The van der Waals surface area contributed by atoms with Crippen molar-refractivity contribution in [1.82, 2.24) is 10.2 Å². The number of rotatable bonds is 2. The number of ether oxygens (including phenoxy) is 1. The average Bonchev–Trinajstić information content (AvgIpc) is 3.03. The van der Waals surface area contributed by atoms with E-state index in [-0.39, 0.29) is 6.03 Å². The van der Waals surface area contributed by atoms with Gasteiger partial charge in [0.25, 0.3) is 0 Å². The number of anilines is 1. The lowest BCUT2D eigenvalue weighted by Crippen LogP contribution is -2.43. The monoisotopic (exact) mass is 275 g/mol. The number of carbonyl (C=O) groups excluding carboxylic acids is 1. The summed E-state index contributed by atoms with van der Waals surface area (Å²) in [5, 5.41) is 6.32. The van der Waals surface area contributed by atoms with Crippen LogP contribution in [-0.2, 0) is 4.74 Å². The summed E-state index contributed by atoms with van der Waals surface area (Å²) in [4.78, 5) is 13.8. The number of urea groups is 1. The van der Waals surface area contributed by atoms with E-state index in [9.17, 15) is 4.79 Å². The number of nitrogens with one attached hydrogen (secondary N) is 2.